The first-order valence-electron chi connectivity index (χ1n) is 5.81. The molecule has 0 fully saturated rings. The number of nitrogens with zero attached hydrogens (tertiary/aromatic N) is 3. The number of guanidine groups is 1. The minimum atomic E-state index is 0.131. The number of rotatable bonds is 2. The van der Waals surface area contributed by atoms with E-state index >= 15 is 0 Å². The second kappa shape index (κ2) is 4.42. The molecule has 1 aliphatic rings. The summed E-state index contributed by atoms with van der Waals surface area (Å²) in [5.41, 5.74) is 8.30. The topological polar surface area (TPSA) is 54.5 Å². The van der Waals surface area contributed by atoms with Crippen molar-refractivity contribution in [1.82, 2.24) is 4.98 Å². The molecule has 1 atom stereocenters. The Morgan fingerprint density at radius 1 is 1.44 bits per heavy atom. The summed E-state index contributed by atoms with van der Waals surface area (Å²) in [6.07, 6.45) is 1.82. The monoisotopic (exact) mass is 258 g/mol. The fourth-order valence-corrected chi connectivity index (χ4v) is 2.89. The van der Waals surface area contributed by atoms with E-state index < -0.39 is 0 Å². The van der Waals surface area contributed by atoms with Gasteiger partial charge in [-0.05, 0) is 24.6 Å². The van der Waals surface area contributed by atoms with Crippen molar-refractivity contribution in [2.24, 2.45) is 10.7 Å². The third-order valence-electron chi connectivity index (χ3n) is 3.00. The van der Waals surface area contributed by atoms with Crippen molar-refractivity contribution in [3.05, 3.63) is 46.4 Å². The van der Waals surface area contributed by atoms with Crippen LogP contribution in [0.3, 0.4) is 0 Å². The first-order valence-corrected chi connectivity index (χ1v) is 6.69. The van der Waals surface area contributed by atoms with Gasteiger partial charge in [-0.1, -0.05) is 12.1 Å². The molecule has 1 unspecified atom stereocenters. The van der Waals surface area contributed by atoms with Gasteiger partial charge in [0.15, 0.2) is 5.96 Å². The Hall–Kier alpha value is -1.88. The highest BCUT2D eigenvalue weighted by Gasteiger charge is 2.30. The summed E-state index contributed by atoms with van der Waals surface area (Å²) < 4.78 is 0. The van der Waals surface area contributed by atoms with Crippen LogP contribution in [0.15, 0.2) is 40.8 Å². The standard InChI is InChI=1S/C13H14N4S/c1-9-3-2-4-10(7-9)17-11(8-16-13(17)14)12-15-5-6-18-12/h2-7,11H,8H2,1H3,(H2,14,16). The summed E-state index contributed by atoms with van der Waals surface area (Å²) >= 11 is 1.64. The highest BCUT2D eigenvalue weighted by Crippen LogP contribution is 2.32. The molecule has 4 nitrogen and oxygen atoms in total. The van der Waals surface area contributed by atoms with Gasteiger partial charge in [-0.2, -0.15) is 0 Å². The molecule has 3 rings (SSSR count). The Morgan fingerprint density at radius 3 is 3.06 bits per heavy atom. The molecular weight excluding hydrogens is 244 g/mol. The van der Waals surface area contributed by atoms with Gasteiger partial charge < -0.3 is 10.6 Å². The fourth-order valence-electron chi connectivity index (χ4n) is 2.18. The molecule has 0 amide bonds. The van der Waals surface area contributed by atoms with Gasteiger partial charge in [0, 0.05) is 17.3 Å². The first kappa shape index (κ1) is 11.2. The van der Waals surface area contributed by atoms with Crippen LogP contribution in [-0.2, 0) is 0 Å². The number of aryl methyl sites for hydroxylation is 1. The average Bonchev–Trinajstić information content (AvgIpc) is 2.97. The average molecular weight is 258 g/mol. The normalized spacial score (nSPS) is 19.1. The summed E-state index contributed by atoms with van der Waals surface area (Å²) in [6, 6.07) is 8.42. The van der Waals surface area contributed by atoms with Gasteiger partial charge in [0.25, 0.3) is 0 Å². The number of aliphatic imine (C=N–C) groups is 1. The molecule has 0 aliphatic carbocycles. The molecular formula is C13H14N4S. The largest absolute Gasteiger partial charge is 0.369 e. The lowest BCUT2D eigenvalue weighted by Crippen LogP contribution is -2.36. The summed E-state index contributed by atoms with van der Waals surface area (Å²) in [5, 5.41) is 3.04. The minimum absolute atomic E-state index is 0.131. The Labute approximate surface area is 110 Å². The van der Waals surface area contributed by atoms with Crippen molar-refractivity contribution < 1.29 is 0 Å². The summed E-state index contributed by atoms with van der Waals surface area (Å²) in [5.74, 6) is 0.570. The molecule has 2 N–H and O–H groups in total. The quantitative estimate of drug-likeness (QED) is 0.899. The number of anilines is 1. The second-order valence-electron chi connectivity index (χ2n) is 4.29. The molecule has 0 radical (unpaired) electrons. The van der Waals surface area contributed by atoms with Gasteiger partial charge in [0.05, 0.1) is 6.54 Å². The molecule has 5 heteroatoms. The van der Waals surface area contributed by atoms with E-state index in [0.717, 1.165) is 10.7 Å². The first-order chi connectivity index (χ1) is 8.75. The zero-order chi connectivity index (χ0) is 12.5. The van der Waals surface area contributed by atoms with Gasteiger partial charge in [-0.15, -0.1) is 11.3 Å². The molecule has 0 spiro atoms. The zero-order valence-corrected chi connectivity index (χ0v) is 10.9. The highest BCUT2D eigenvalue weighted by molar-refractivity contribution is 7.09. The minimum Gasteiger partial charge on any atom is -0.369 e. The molecule has 1 aromatic heterocycles. The van der Waals surface area contributed by atoms with E-state index in [4.69, 9.17) is 5.73 Å². The Balaban J connectivity index is 1.99. The van der Waals surface area contributed by atoms with Crippen molar-refractivity contribution >= 4 is 23.0 Å². The van der Waals surface area contributed by atoms with Gasteiger partial charge in [-0.3, -0.25) is 4.99 Å². The van der Waals surface area contributed by atoms with Crippen LogP contribution < -0.4 is 10.6 Å². The van der Waals surface area contributed by atoms with Crippen LogP contribution in [0.1, 0.15) is 16.6 Å². The second-order valence-corrected chi connectivity index (χ2v) is 5.22. The lowest BCUT2D eigenvalue weighted by Gasteiger charge is -2.25. The van der Waals surface area contributed by atoms with Crippen molar-refractivity contribution in [2.45, 2.75) is 13.0 Å². The number of nitrogens with two attached hydrogens (primary N) is 1. The highest BCUT2D eigenvalue weighted by atomic mass is 32.1. The Bertz CT molecular complexity index is 576. The maximum absolute atomic E-state index is 6.01. The smallest absolute Gasteiger partial charge is 0.196 e. The van der Waals surface area contributed by atoms with Crippen LogP contribution in [-0.4, -0.2) is 17.5 Å². The molecule has 18 heavy (non-hydrogen) atoms. The maximum atomic E-state index is 6.01. The molecule has 2 aromatic rings. The van der Waals surface area contributed by atoms with E-state index in [-0.39, 0.29) is 6.04 Å². The molecule has 0 saturated carbocycles. The van der Waals surface area contributed by atoms with E-state index in [1.165, 1.54) is 5.56 Å². The van der Waals surface area contributed by atoms with Gasteiger partial charge in [0.1, 0.15) is 11.0 Å². The van der Waals surface area contributed by atoms with E-state index in [0.29, 0.717) is 12.5 Å². The van der Waals surface area contributed by atoms with Crippen LogP contribution in [0, 0.1) is 6.92 Å². The summed E-state index contributed by atoms with van der Waals surface area (Å²) in [4.78, 5) is 10.8. The summed E-state index contributed by atoms with van der Waals surface area (Å²) in [7, 11) is 0. The number of aromatic nitrogens is 1. The van der Waals surface area contributed by atoms with Crippen LogP contribution in [0.5, 0.6) is 0 Å². The van der Waals surface area contributed by atoms with Crippen LogP contribution in [0.25, 0.3) is 0 Å². The molecule has 2 heterocycles. The van der Waals surface area contributed by atoms with Crippen LogP contribution >= 0.6 is 11.3 Å². The third kappa shape index (κ3) is 1.86. The number of thiazole rings is 1. The van der Waals surface area contributed by atoms with Crippen LogP contribution in [0.2, 0.25) is 0 Å². The maximum Gasteiger partial charge on any atom is 0.196 e. The van der Waals surface area contributed by atoms with E-state index in [1.807, 2.05) is 17.6 Å². The van der Waals surface area contributed by atoms with E-state index in [9.17, 15) is 0 Å². The van der Waals surface area contributed by atoms with Gasteiger partial charge in [0.2, 0.25) is 0 Å². The van der Waals surface area contributed by atoms with Crippen LogP contribution in [0.4, 0.5) is 5.69 Å². The lowest BCUT2D eigenvalue weighted by molar-refractivity contribution is 0.760. The predicted octanol–water partition coefficient (Wildman–Crippen LogP) is 2.33. The Kier molecular flexibility index (Phi) is 2.76. The number of hydrogen-bond acceptors (Lipinski definition) is 5. The zero-order valence-electron chi connectivity index (χ0n) is 10.1. The van der Waals surface area contributed by atoms with E-state index in [2.05, 4.69) is 40.0 Å². The molecule has 92 valence electrons. The molecule has 0 bridgehead atoms. The molecule has 1 aromatic carbocycles. The molecule has 0 saturated heterocycles. The number of benzene rings is 1. The van der Waals surface area contributed by atoms with E-state index in [1.54, 1.807) is 11.3 Å². The van der Waals surface area contributed by atoms with Crippen molar-refractivity contribution in [2.75, 3.05) is 11.4 Å². The lowest BCUT2D eigenvalue weighted by atomic mass is 10.2. The predicted molar refractivity (Wildman–Crippen MR) is 75.0 cm³/mol. The Morgan fingerprint density at radius 2 is 2.33 bits per heavy atom. The van der Waals surface area contributed by atoms with Gasteiger partial charge >= 0.3 is 0 Å². The molecule has 1 aliphatic heterocycles. The van der Waals surface area contributed by atoms with Crippen molar-refractivity contribution in [3.8, 4) is 0 Å². The SMILES string of the molecule is Cc1cccc(N2C(N)=NCC2c2nccs2)c1. The van der Waals surface area contributed by atoms with Gasteiger partial charge in [-0.25, -0.2) is 4.98 Å². The van der Waals surface area contributed by atoms with Crippen molar-refractivity contribution in [3.63, 3.8) is 0 Å². The third-order valence-corrected chi connectivity index (χ3v) is 3.88. The fraction of sp³-hybridized carbons (Fsp3) is 0.231. The summed E-state index contributed by atoms with van der Waals surface area (Å²) in [6.45, 7) is 2.75. The number of hydrogen-bond donors (Lipinski definition) is 1. The van der Waals surface area contributed by atoms with Crippen molar-refractivity contribution in [1.29, 1.82) is 0 Å².